The van der Waals surface area contributed by atoms with Gasteiger partial charge in [-0.3, -0.25) is 4.98 Å². The highest BCUT2D eigenvalue weighted by molar-refractivity contribution is 5.82. The molecule has 0 amide bonds. The second-order valence-electron chi connectivity index (χ2n) is 12.7. The molecule has 5 atom stereocenters. The number of para-hydroxylation sites is 1. The lowest BCUT2D eigenvalue weighted by atomic mass is 9.71. The molecule has 0 spiro atoms. The quantitative estimate of drug-likeness (QED) is 0.124. The molecule has 3 aliphatic heterocycles. The van der Waals surface area contributed by atoms with E-state index in [-0.39, 0.29) is 6.04 Å². The van der Waals surface area contributed by atoms with Gasteiger partial charge in [-0.2, -0.15) is 0 Å². The van der Waals surface area contributed by atoms with Gasteiger partial charge in [0.2, 0.25) is 0 Å². The van der Waals surface area contributed by atoms with Crippen LogP contribution in [-0.2, 0) is 19.8 Å². The van der Waals surface area contributed by atoms with Crippen molar-refractivity contribution in [3.8, 4) is 11.5 Å². The number of pyridine rings is 1. The zero-order chi connectivity index (χ0) is 30.6. The van der Waals surface area contributed by atoms with Crippen molar-refractivity contribution in [2.24, 2.45) is 11.8 Å². The zero-order valence-corrected chi connectivity index (χ0v) is 25.7. The van der Waals surface area contributed by atoms with Crippen LogP contribution in [0.4, 0.5) is 0 Å². The van der Waals surface area contributed by atoms with Crippen LogP contribution in [0, 0.1) is 11.8 Å². The fraction of sp³-hybridized carbons (Fsp3) is 0.275. The number of rotatable bonds is 11. The van der Waals surface area contributed by atoms with E-state index < -0.39 is 6.10 Å². The number of aliphatic hydroxyl groups excluding tert-OH is 1. The molecule has 3 saturated heterocycles. The Hall–Kier alpha value is -4.45. The summed E-state index contributed by atoms with van der Waals surface area (Å²) < 4.78 is 13.6. The van der Waals surface area contributed by atoms with E-state index in [2.05, 4.69) is 66.2 Å². The van der Waals surface area contributed by atoms with Crippen LogP contribution in [-0.4, -0.2) is 33.7 Å². The Balaban J connectivity index is 1.20. The molecule has 4 heterocycles. The van der Waals surface area contributed by atoms with Gasteiger partial charge in [0.15, 0.2) is 11.5 Å². The molecule has 1 aromatic heterocycles. The largest absolute Gasteiger partial charge is 0.485 e. The molecule has 45 heavy (non-hydrogen) atoms. The summed E-state index contributed by atoms with van der Waals surface area (Å²) in [5.41, 5.74) is 5.30. The van der Waals surface area contributed by atoms with Crippen LogP contribution in [0.25, 0.3) is 10.9 Å². The molecule has 0 radical (unpaired) electrons. The van der Waals surface area contributed by atoms with Crippen LogP contribution < -0.4 is 9.47 Å². The summed E-state index contributed by atoms with van der Waals surface area (Å²) in [6.07, 6.45) is 5.51. The highest BCUT2D eigenvalue weighted by Crippen LogP contribution is 2.48. The topological polar surface area (TPSA) is 51.6 Å². The molecule has 5 nitrogen and oxygen atoms in total. The number of fused-ring (bicyclic) bond motifs is 4. The normalized spacial score (nSPS) is 23.0. The van der Waals surface area contributed by atoms with Gasteiger partial charge in [0.25, 0.3) is 0 Å². The summed E-state index contributed by atoms with van der Waals surface area (Å²) in [6, 6.07) is 37.1. The molecule has 2 bridgehead atoms. The molecule has 228 valence electrons. The molecule has 8 rings (SSSR count). The Morgan fingerprint density at radius 1 is 0.822 bits per heavy atom. The first-order chi connectivity index (χ1) is 22.1. The lowest BCUT2D eigenvalue weighted by molar-refractivity contribution is -0.984. The molecule has 5 aromatic rings. The van der Waals surface area contributed by atoms with E-state index in [9.17, 15) is 5.11 Å². The number of quaternary nitrogens is 1. The highest BCUT2D eigenvalue weighted by atomic mass is 16.5. The third-order valence-corrected chi connectivity index (χ3v) is 10.0. The Kier molecular flexibility index (Phi) is 8.38. The standard InChI is InChI=1S/C40H41N2O3/c1-2-32-26-42(22-20-33(32)24-37(42)40(43)35-19-21-41-36-16-10-9-15-34(35)36)25-31-17-18-38(44-27-29-11-5-3-6-12-29)39(23-31)45-28-30-13-7-4-8-14-30/h2-19,21,23,32-33,37,40,43H,1,20,22,24-28H2/q+1/t32-,33-,37+,40-,42?/m0/s1. The summed E-state index contributed by atoms with van der Waals surface area (Å²) in [5, 5.41) is 13.2. The molecule has 4 aromatic carbocycles. The zero-order valence-electron chi connectivity index (χ0n) is 25.7. The molecule has 0 saturated carbocycles. The van der Waals surface area contributed by atoms with Crippen molar-refractivity contribution in [2.45, 2.75) is 44.7 Å². The van der Waals surface area contributed by atoms with Crippen molar-refractivity contribution in [3.05, 3.63) is 150 Å². The fourth-order valence-corrected chi connectivity index (χ4v) is 7.68. The summed E-state index contributed by atoms with van der Waals surface area (Å²) in [6.45, 7) is 7.97. The van der Waals surface area contributed by atoms with Crippen molar-refractivity contribution >= 4 is 10.9 Å². The monoisotopic (exact) mass is 597 g/mol. The van der Waals surface area contributed by atoms with E-state index in [1.165, 1.54) is 5.56 Å². The smallest absolute Gasteiger partial charge is 0.162 e. The number of nitrogens with zero attached hydrogens (tertiary/aromatic N) is 2. The van der Waals surface area contributed by atoms with Crippen LogP contribution in [0.3, 0.4) is 0 Å². The van der Waals surface area contributed by atoms with E-state index in [0.717, 1.165) is 76.1 Å². The number of hydrogen-bond acceptors (Lipinski definition) is 4. The lowest BCUT2D eigenvalue weighted by Gasteiger charge is -2.58. The SMILES string of the molecule is C=C[C@H]1C[N+]2(Cc3ccc(OCc4ccccc4)c(OCc4ccccc4)c3)CC[C@H]1C[C@@H]2[C@@H](O)c1ccnc2ccccc12. The predicted molar refractivity (Wildman–Crippen MR) is 179 cm³/mol. The predicted octanol–water partition coefficient (Wildman–Crippen LogP) is 8.04. The Morgan fingerprint density at radius 2 is 1.51 bits per heavy atom. The first-order valence-electron chi connectivity index (χ1n) is 16.1. The van der Waals surface area contributed by atoms with Crippen LogP contribution in [0.15, 0.2) is 128 Å². The molecule has 3 aliphatic rings. The Morgan fingerprint density at radius 3 is 2.24 bits per heavy atom. The van der Waals surface area contributed by atoms with Crippen molar-refractivity contribution in [2.75, 3.05) is 13.1 Å². The molecule has 1 unspecified atom stereocenters. The summed E-state index contributed by atoms with van der Waals surface area (Å²) in [4.78, 5) is 4.56. The molecule has 3 fully saturated rings. The van der Waals surface area contributed by atoms with Gasteiger partial charge in [0.05, 0.1) is 18.6 Å². The van der Waals surface area contributed by atoms with Gasteiger partial charge in [-0.15, -0.1) is 6.58 Å². The van der Waals surface area contributed by atoms with Crippen molar-refractivity contribution < 1.29 is 19.1 Å². The van der Waals surface area contributed by atoms with Crippen molar-refractivity contribution in [1.29, 1.82) is 0 Å². The van der Waals surface area contributed by atoms with Crippen LogP contribution in [0.5, 0.6) is 11.5 Å². The number of piperidine rings is 3. The third-order valence-electron chi connectivity index (χ3n) is 10.0. The van der Waals surface area contributed by atoms with Gasteiger partial charge < -0.3 is 19.1 Å². The van der Waals surface area contributed by atoms with Gasteiger partial charge in [-0.1, -0.05) is 84.9 Å². The van der Waals surface area contributed by atoms with Crippen LogP contribution in [0.1, 0.15) is 41.2 Å². The van der Waals surface area contributed by atoms with Crippen molar-refractivity contribution in [1.82, 2.24) is 4.98 Å². The Bertz CT molecular complexity index is 1750. The maximum absolute atomic E-state index is 12.1. The number of ether oxygens (including phenoxy) is 2. The fourth-order valence-electron chi connectivity index (χ4n) is 7.68. The van der Waals surface area contributed by atoms with Crippen LogP contribution in [0.2, 0.25) is 0 Å². The average molecular weight is 598 g/mol. The summed E-state index contributed by atoms with van der Waals surface area (Å²) in [5.74, 6) is 2.47. The van der Waals surface area contributed by atoms with Crippen LogP contribution >= 0.6 is 0 Å². The van der Waals surface area contributed by atoms with E-state index >= 15 is 0 Å². The number of benzene rings is 4. The van der Waals surface area contributed by atoms with E-state index in [4.69, 9.17) is 9.47 Å². The summed E-state index contributed by atoms with van der Waals surface area (Å²) in [7, 11) is 0. The second kappa shape index (κ2) is 12.9. The minimum atomic E-state index is -0.589. The first kappa shape index (κ1) is 29.3. The molecule has 5 heteroatoms. The second-order valence-corrected chi connectivity index (χ2v) is 12.7. The summed E-state index contributed by atoms with van der Waals surface area (Å²) >= 11 is 0. The maximum Gasteiger partial charge on any atom is 0.162 e. The number of hydrogen-bond donors (Lipinski definition) is 1. The maximum atomic E-state index is 12.1. The van der Waals surface area contributed by atoms with E-state index in [1.807, 2.05) is 66.9 Å². The number of aromatic nitrogens is 1. The highest BCUT2D eigenvalue weighted by Gasteiger charge is 2.54. The first-order valence-corrected chi connectivity index (χ1v) is 16.1. The minimum Gasteiger partial charge on any atom is -0.485 e. The van der Waals surface area contributed by atoms with E-state index in [1.54, 1.807) is 0 Å². The van der Waals surface area contributed by atoms with Gasteiger partial charge in [0, 0.05) is 35.9 Å². The van der Waals surface area contributed by atoms with Gasteiger partial charge in [-0.25, -0.2) is 0 Å². The number of aliphatic hydroxyl groups is 1. The van der Waals surface area contributed by atoms with Gasteiger partial charge in [-0.05, 0) is 52.9 Å². The molecular weight excluding hydrogens is 556 g/mol. The minimum absolute atomic E-state index is 0.0773. The van der Waals surface area contributed by atoms with Crippen molar-refractivity contribution in [3.63, 3.8) is 0 Å². The average Bonchev–Trinajstić information content (AvgIpc) is 3.10. The van der Waals surface area contributed by atoms with E-state index in [0.29, 0.717) is 25.0 Å². The molecular formula is C40H41N2O3+. The van der Waals surface area contributed by atoms with Gasteiger partial charge in [0.1, 0.15) is 31.9 Å². The molecule has 1 N–H and O–H groups in total. The molecule has 0 aliphatic carbocycles. The third kappa shape index (κ3) is 6.11. The lowest BCUT2D eigenvalue weighted by Crippen LogP contribution is -2.67. The van der Waals surface area contributed by atoms with Gasteiger partial charge >= 0.3 is 0 Å². The Labute approximate surface area is 266 Å².